The summed E-state index contributed by atoms with van der Waals surface area (Å²) in [7, 11) is 3.71. The number of carbonyl (C=O) groups excluding carboxylic acids is 1. The number of phenols is 1. The number of carbonyl (C=O) groups is 1. The van der Waals surface area contributed by atoms with E-state index in [-0.39, 0.29) is 18.2 Å². The molecule has 0 aliphatic heterocycles. The first-order chi connectivity index (χ1) is 9.69. The number of phenolic OH excluding ortho intramolecular Hbond substituents is 1. The first kappa shape index (κ1) is 17.4. The van der Waals surface area contributed by atoms with Crippen molar-refractivity contribution in [1.29, 1.82) is 0 Å². The molecule has 2 unspecified atom stereocenters. The van der Waals surface area contributed by atoms with Crippen LogP contribution in [-0.4, -0.2) is 59.8 Å². The maximum Gasteiger partial charge on any atom is 0.237 e. The fraction of sp³-hybridized carbons (Fsp3) is 0.533. The molecule has 0 heterocycles. The van der Waals surface area contributed by atoms with Crippen LogP contribution in [0.5, 0.6) is 5.75 Å². The van der Waals surface area contributed by atoms with Crippen molar-refractivity contribution in [2.75, 3.05) is 27.2 Å². The van der Waals surface area contributed by atoms with Gasteiger partial charge in [-0.25, -0.2) is 0 Å². The van der Waals surface area contributed by atoms with E-state index in [2.05, 4.69) is 5.32 Å². The number of amides is 1. The summed E-state index contributed by atoms with van der Waals surface area (Å²) in [4.78, 5) is 13.8. The molecule has 0 saturated heterocycles. The smallest absolute Gasteiger partial charge is 0.237 e. The van der Waals surface area contributed by atoms with Gasteiger partial charge in [0.2, 0.25) is 5.91 Å². The zero-order chi connectivity index (χ0) is 16.0. The van der Waals surface area contributed by atoms with Crippen molar-refractivity contribution in [2.24, 2.45) is 5.73 Å². The Morgan fingerprint density at radius 3 is 2.48 bits per heavy atom. The molecule has 0 radical (unpaired) electrons. The van der Waals surface area contributed by atoms with Gasteiger partial charge in [-0.1, -0.05) is 12.1 Å². The molecule has 1 aromatic rings. The van der Waals surface area contributed by atoms with E-state index in [1.54, 1.807) is 31.2 Å². The highest BCUT2D eigenvalue weighted by Gasteiger charge is 2.23. The van der Waals surface area contributed by atoms with Crippen LogP contribution in [0.25, 0.3) is 0 Å². The fourth-order valence-corrected chi connectivity index (χ4v) is 2.12. The van der Waals surface area contributed by atoms with Gasteiger partial charge < -0.3 is 26.2 Å². The van der Waals surface area contributed by atoms with Crippen molar-refractivity contribution in [3.05, 3.63) is 29.8 Å². The summed E-state index contributed by atoms with van der Waals surface area (Å²) in [6.07, 6.45) is 0.377. The van der Waals surface area contributed by atoms with E-state index in [0.29, 0.717) is 13.0 Å². The number of hydrogen-bond donors (Lipinski definition) is 4. The Labute approximate surface area is 125 Å². The Bertz CT molecular complexity index is 458. The summed E-state index contributed by atoms with van der Waals surface area (Å²) in [5.74, 6) is -0.126. The van der Waals surface area contributed by atoms with Crippen molar-refractivity contribution >= 4 is 5.91 Å². The molecule has 0 aliphatic rings. The number of rotatable bonds is 7. The molecule has 21 heavy (non-hydrogen) atoms. The predicted molar refractivity (Wildman–Crippen MR) is 82.0 cm³/mol. The summed E-state index contributed by atoms with van der Waals surface area (Å²) in [5.41, 5.74) is 5.72. The van der Waals surface area contributed by atoms with Crippen molar-refractivity contribution in [1.82, 2.24) is 10.2 Å². The van der Waals surface area contributed by atoms with Gasteiger partial charge in [-0.05, 0) is 45.1 Å². The van der Waals surface area contributed by atoms with Gasteiger partial charge >= 0.3 is 0 Å². The Hall–Kier alpha value is -1.63. The molecule has 6 nitrogen and oxygen atoms in total. The third kappa shape index (κ3) is 6.57. The SMILES string of the molecule is CN(C)CC(C)(O)CNC(=O)C(N)Cc1ccc(O)cc1. The van der Waals surface area contributed by atoms with Gasteiger partial charge in [0.05, 0.1) is 11.6 Å². The van der Waals surface area contributed by atoms with E-state index < -0.39 is 11.6 Å². The number of hydrogen-bond acceptors (Lipinski definition) is 5. The minimum Gasteiger partial charge on any atom is -0.508 e. The van der Waals surface area contributed by atoms with Crippen molar-refractivity contribution in [3.63, 3.8) is 0 Å². The van der Waals surface area contributed by atoms with Gasteiger partial charge in [0.15, 0.2) is 0 Å². The molecule has 2 atom stereocenters. The Kier molecular flexibility index (Phi) is 6.14. The highest BCUT2D eigenvalue weighted by atomic mass is 16.3. The molecular weight excluding hydrogens is 270 g/mol. The maximum atomic E-state index is 11.9. The number of aliphatic hydroxyl groups is 1. The molecule has 118 valence electrons. The summed E-state index contributed by atoms with van der Waals surface area (Å²) in [6.45, 7) is 2.26. The normalized spacial score (nSPS) is 15.5. The topological polar surface area (TPSA) is 98.8 Å². The van der Waals surface area contributed by atoms with E-state index in [4.69, 9.17) is 5.73 Å². The summed E-state index contributed by atoms with van der Waals surface area (Å²) in [5, 5.41) is 22.0. The molecule has 1 amide bonds. The van der Waals surface area contributed by atoms with Crippen LogP contribution < -0.4 is 11.1 Å². The molecule has 0 saturated carbocycles. The van der Waals surface area contributed by atoms with Crippen molar-refractivity contribution < 1.29 is 15.0 Å². The third-order valence-electron chi connectivity index (χ3n) is 3.03. The van der Waals surface area contributed by atoms with Gasteiger partial charge in [-0.2, -0.15) is 0 Å². The lowest BCUT2D eigenvalue weighted by atomic mass is 10.0. The monoisotopic (exact) mass is 295 g/mol. The van der Waals surface area contributed by atoms with Crippen molar-refractivity contribution in [3.8, 4) is 5.75 Å². The molecule has 0 aliphatic carbocycles. The maximum absolute atomic E-state index is 11.9. The highest BCUT2D eigenvalue weighted by Crippen LogP contribution is 2.11. The minimum atomic E-state index is -1.00. The molecule has 0 fully saturated rings. The van der Waals surface area contributed by atoms with Gasteiger partial charge in [0.1, 0.15) is 5.75 Å². The molecular formula is C15H25N3O3. The molecule has 0 spiro atoms. The zero-order valence-corrected chi connectivity index (χ0v) is 12.8. The third-order valence-corrected chi connectivity index (χ3v) is 3.03. The standard InChI is InChI=1S/C15H25N3O3/c1-15(21,10-18(2)3)9-17-14(20)13(16)8-11-4-6-12(19)7-5-11/h4-7,13,19,21H,8-10,16H2,1-3H3,(H,17,20). The van der Waals surface area contributed by atoms with E-state index in [0.717, 1.165) is 5.56 Å². The van der Waals surface area contributed by atoms with Crippen LogP contribution in [0.3, 0.4) is 0 Å². The lowest BCUT2D eigenvalue weighted by molar-refractivity contribution is -0.123. The van der Waals surface area contributed by atoms with Gasteiger partial charge in [-0.3, -0.25) is 4.79 Å². The molecule has 0 bridgehead atoms. The number of nitrogens with zero attached hydrogens (tertiary/aromatic N) is 1. The second-order valence-electron chi connectivity index (χ2n) is 5.93. The first-order valence-corrected chi connectivity index (χ1v) is 6.88. The van der Waals surface area contributed by atoms with Crippen molar-refractivity contribution in [2.45, 2.75) is 25.0 Å². The second kappa shape index (κ2) is 7.40. The number of benzene rings is 1. The fourth-order valence-electron chi connectivity index (χ4n) is 2.12. The zero-order valence-electron chi connectivity index (χ0n) is 12.8. The minimum absolute atomic E-state index is 0.146. The van der Waals surface area contributed by atoms with E-state index in [1.807, 2.05) is 19.0 Å². The molecule has 1 rings (SSSR count). The van der Waals surface area contributed by atoms with Gasteiger partial charge in [-0.15, -0.1) is 0 Å². The van der Waals surface area contributed by atoms with Crippen LogP contribution in [-0.2, 0) is 11.2 Å². The Balaban J connectivity index is 2.46. The van der Waals surface area contributed by atoms with Crippen LogP contribution in [0.15, 0.2) is 24.3 Å². The molecule has 1 aromatic carbocycles. The second-order valence-corrected chi connectivity index (χ2v) is 5.93. The van der Waals surface area contributed by atoms with E-state index in [9.17, 15) is 15.0 Å². The molecule has 6 heteroatoms. The number of aromatic hydroxyl groups is 1. The summed E-state index contributed by atoms with van der Waals surface area (Å²) < 4.78 is 0. The van der Waals surface area contributed by atoms with Crippen LogP contribution >= 0.6 is 0 Å². The molecule has 0 aromatic heterocycles. The lowest BCUT2D eigenvalue weighted by Gasteiger charge is -2.27. The highest BCUT2D eigenvalue weighted by molar-refractivity contribution is 5.81. The Morgan fingerprint density at radius 1 is 1.38 bits per heavy atom. The summed E-state index contributed by atoms with van der Waals surface area (Å²) in [6, 6.07) is 5.88. The molecule has 5 N–H and O–H groups in total. The Morgan fingerprint density at radius 2 is 1.95 bits per heavy atom. The first-order valence-electron chi connectivity index (χ1n) is 6.88. The van der Waals surface area contributed by atoms with Crippen LogP contribution in [0.4, 0.5) is 0 Å². The van der Waals surface area contributed by atoms with Crippen LogP contribution in [0.1, 0.15) is 12.5 Å². The van der Waals surface area contributed by atoms with Crippen LogP contribution in [0, 0.1) is 0 Å². The van der Waals surface area contributed by atoms with Gasteiger partial charge in [0.25, 0.3) is 0 Å². The van der Waals surface area contributed by atoms with Crippen LogP contribution in [0.2, 0.25) is 0 Å². The number of nitrogens with two attached hydrogens (primary N) is 1. The largest absolute Gasteiger partial charge is 0.508 e. The van der Waals surface area contributed by atoms with E-state index >= 15 is 0 Å². The van der Waals surface area contributed by atoms with E-state index in [1.165, 1.54) is 0 Å². The lowest BCUT2D eigenvalue weighted by Crippen LogP contribution is -2.51. The van der Waals surface area contributed by atoms with Gasteiger partial charge in [0, 0.05) is 13.1 Å². The summed E-state index contributed by atoms with van der Waals surface area (Å²) >= 11 is 0. The number of likely N-dealkylation sites (N-methyl/N-ethyl adjacent to an activating group) is 1. The number of nitrogens with one attached hydrogen (secondary N) is 1. The predicted octanol–water partition coefficient (Wildman–Crippen LogP) is -0.309. The average Bonchev–Trinajstić information content (AvgIpc) is 2.37. The average molecular weight is 295 g/mol. The quantitative estimate of drug-likeness (QED) is 0.553.